The molecule has 240 valence electrons. The van der Waals surface area contributed by atoms with Crippen LogP contribution in [0.5, 0.6) is 5.75 Å². The molecule has 1 saturated heterocycles. The summed E-state index contributed by atoms with van der Waals surface area (Å²) in [5, 5.41) is 9.99. The van der Waals surface area contributed by atoms with Gasteiger partial charge in [0.25, 0.3) is 5.97 Å². The average Bonchev–Trinajstić information content (AvgIpc) is 3.65. The van der Waals surface area contributed by atoms with Gasteiger partial charge in [-0.15, -0.1) is 0 Å². The van der Waals surface area contributed by atoms with Gasteiger partial charge in [0, 0.05) is 50.9 Å². The van der Waals surface area contributed by atoms with Gasteiger partial charge in [0.05, 0.1) is 6.61 Å². The number of carboxylic acid groups (broad SMARTS) is 1. The topological polar surface area (TPSA) is 91.2 Å². The van der Waals surface area contributed by atoms with E-state index in [1.807, 2.05) is 45.2 Å². The van der Waals surface area contributed by atoms with Crippen molar-refractivity contribution in [3.8, 4) is 5.75 Å². The fraction of sp³-hybridized carbons (Fsp3) is 0.528. The molecule has 0 aliphatic carbocycles. The molecule has 0 spiro atoms. The summed E-state index contributed by atoms with van der Waals surface area (Å²) < 4.78 is 5.71. The first kappa shape index (κ1) is 39.5. The van der Waals surface area contributed by atoms with Crippen molar-refractivity contribution in [3.05, 3.63) is 78.1 Å². The number of ether oxygens (including phenoxy) is 1. The molecule has 0 saturated carbocycles. The van der Waals surface area contributed by atoms with E-state index in [1.54, 1.807) is 0 Å². The van der Waals surface area contributed by atoms with Crippen molar-refractivity contribution in [1.29, 1.82) is 0 Å². The van der Waals surface area contributed by atoms with Gasteiger partial charge in [0.15, 0.2) is 0 Å². The van der Waals surface area contributed by atoms with Crippen molar-refractivity contribution in [2.45, 2.75) is 99.0 Å². The number of aliphatic carboxylic acids is 1. The van der Waals surface area contributed by atoms with Gasteiger partial charge in [-0.25, -0.2) is 0 Å². The molecule has 1 aromatic carbocycles. The van der Waals surface area contributed by atoms with Crippen LogP contribution in [-0.2, 0) is 16.0 Å². The minimum absolute atomic E-state index is 0.572. The third-order valence-electron chi connectivity index (χ3n) is 6.96. The molecule has 0 aromatic heterocycles. The molecule has 0 radical (unpaired) electrons. The van der Waals surface area contributed by atoms with Crippen LogP contribution in [0.15, 0.2) is 71.9 Å². The Balaban J connectivity index is 0.00000115. The third kappa shape index (κ3) is 17.3. The molecule has 2 unspecified atom stereocenters. The summed E-state index contributed by atoms with van der Waals surface area (Å²) in [7, 11) is 0. The number of carboxylic acids is 1. The van der Waals surface area contributed by atoms with Gasteiger partial charge in [-0.2, -0.15) is 0 Å². The van der Waals surface area contributed by atoms with Gasteiger partial charge < -0.3 is 15.2 Å². The first-order valence-electron chi connectivity index (χ1n) is 15.7. The predicted octanol–water partition coefficient (Wildman–Crippen LogP) is 7.89. The summed E-state index contributed by atoms with van der Waals surface area (Å²) in [6, 6.07) is 7.42. The number of fused-ring (bicyclic) bond motifs is 1. The van der Waals surface area contributed by atoms with E-state index in [9.17, 15) is 4.79 Å². The number of hydrogen-bond donors (Lipinski definition) is 2. The molecule has 2 atom stereocenters. The second-order valence-corrected chi connectivity index (χ2v) is 10.3. The van der Waals surface area contributed by atoms with E-state index >= 15 is 0 Å². The zero-order chi connectivity index (χ0) is 32.5. The van der Waals surface area contributed by atoms with Gasteiger partial charge in [-0.05, 0) is 75.1 Å². The number of aliphatic imine (C=N–C) groups is 1. The fourth-order valence-electron chi connectivity index (χ4n) is 4.83. The second kappa shape index (κ2) is 25.1. The first-order valence-corrected chi connectivity index (χ1v) is 15.7. The van der Waals surface area contributed by atoms with E-state index in [4.69, 9.17) is 14.6 Å². The molecule has 2 aliphatic rings. The Morgan fingerprint density at radius 3 is 2.58 bits per heavy atom. The lowest BCUT2D eigenvalue weighted by atomic mass is 9.93. The van der Waals surface area contributed by atoms with Crippen molar-refractivity contribution in [2.24, 2.45) is 4.99 Å². The van der Waals surface area contributed by atoms with Crippen molar-refractivity contribution in [3.63, 3.8) is 0 Å². The lowest BCUT2D eigenvalue weighted by Gasteiger charge is -2.25. The number of hydrogen-bond acceptors (Lipinski definition) is 5. The fourth-order valence-corrected chi connectivity index (χ4v) is 4.83. The van der Waals surface area contributed by atoms with Gasteiger partial charge in [-0.3, -0.25) is 19.5 Å². The maximum atomic E-state index is 9.57. The monoisotopic (exact) mass is 595 g/mol. The van der Waals surface area contributed by atoms with Gasteiger partial charge in [-0.1, -0.05) is 76.3 Å². The van der Waals surface area contributed by atoms with Crippen molar-refractivity contribution in [1.82, 2.24) is 10.2 Å². The molecule has 1 aromatic rings. The SMILES string of the molecule is C=C/C=C\C(=C/C)CN1CC(c2ccc3c(c2)CCO3)CC1CCC(C)=N/C=C\C.CC.CC(=O)O.CCCCNC=O. The minimum atomic E-state index is -0.833. The summed E-state index contributed by atoms with van der Waals surface area (Å²) in [6.07, 6.45) is 19.6. The number of unbranched alkanes of at least 4 members (excludes halogenated alkanes) is 1. The van der Waals surface area contributed by atoms with Crippen molar-refractivity contribution >= 4 is 18.1 Å². The summed E-state index contributed by atoms with van der Waals surface area (Å²) in [5.74, 6) is 0.821. The lowest BCUT2D eigenvalue weighted by Crippen LogP contribution is -2.31. The maximum absolute atomic E-state index is 9.57. The van der Waals surface area contributed by atoms with E-state index in [0.29, 0.717) is 12.0 Å². The average molecular weight is 596 g/mol. The summed E-state index contributed by atoms with van der Waals surface area (Å²) >= 11 is 0. The first-order chi connectivity index (χ1) is 20.8. The Labute approximate surface area is 261 Å². The number of likely N-dealkylation sites (tertiary alicyclic amines) is 1. The molecule has 7 nitrogen and oxygen atoms in total. The largest absolute Gasteiger partial charge is 0.493 e. The quantitative estimate of drug-likeness (QED) is 0.105. The highest BCUT2D eigenvalue weighted by molar-refractivity contribution is 5.82. The van der Waals surface area contributed by atoms with Crippen LogP contribution >= 0.6 is 0 Å². The standard InChI is InChI=1S/C27H36N2O.C5H11NO.C2H4O2.C2H6/c1-5-8-9-22(7-3)19-29-20-25(18-26(29)12-10-21(4)28-15-6-2)23-11-13-27-24(17-23)14-16-30-27;1-2-3-4-6-5-7;1-2(3)4;1-2/h5-9,11,13,15,17,25-26H,1,10,12,14,16,18-20H2,2-4H3;5H,2-4H2,1H3,(H,6,7);1H3,(H,3,4);1-2H3/b9-8-,15-6-,22-7+,28-21?;;;. The van der Waals surface area contributed by atoms with E-state index in [2.05, 4.69) is 72.9 Å². The molecule has 2 aliphatic heterocycles. The van der Waals surface area contributed by atoms with Crippen LogP contribution in [0.2, 0.25) is 0 Å². The normalized spacial score (nSPS) is 17.9. The number of nitrogens with one attached hydrogen (secondary N) is 1. The minimum Gasteiger partial charge on any atom is -0.493 e. The van der Waals surface area contributed by atoms with Gasteiger partial charge >= 0.3 is 0 Å². The number of carbonyl (C=O) groups excluding carboxylic acids is 1. The van der Waals surface area contributed by atoms with Crippen LogP contribution in [-0.4, -0.2) is 60.4 Å². The van der Waals surface area contributed by atoms with E-state index in [-0.39, 0.29) is 0 Å². The number of benzene rings is 1. The van der Waals surface area contributed by atoms with Crippen LogP contribution in [0.1, 0.15) is 97.6 Å². The third-order valence-corrected chi connectivity index (χ3v) is 6.96. The van der Waals surface area contributed by atoms with E-state index in [1.165, 1.54) is 28.8 Å². The zero-order valence-electron chi connectivity index (χ0n) is 27.8. The molecule has 3 rings (SSSR count). The smallest absolute Gasteiger partial charge is 0.300 e. The Hall–Kier alpha value is -3.45. The lowest BCUT2D eigenvalue weighted by molar-refractivity contribution is -0.134. The molecule has 1 fully saturated rings. The van der Waals surface area contributed by atoms with Crippen molar-refractivity contribution in [2.75, 3.05) is 26.2 Å². The molecular weight excluding hydrogens is 538 g/mol. The highest BCUT2D eigenvalue weighted by Crippen LogP contribution is 2.37. The zero-order valence-corrected chi connectivity index (χ0v) is 27.8. The van der Waals surface area contributed by atoms with Crippen LogP contribution in [0.3, 0.4) is 0 Å². The Bertz CT molecular complexity index is 1050. The summed E-state index contributed by atoms with van der Waals surface area (Å²) in [4.78, 5) is 25.8. The number of nitrogens with zero attached hydrogens (tertiary/aromatic N) is 2. The Kier molecular flexibility index (Phi) is 23.1. The highest BCUT2D eigenvalue weighted by Gasteiger charge is 2.33. The number of amides is 1. The number of allylic oxidation sites excluding steroid dienone is 4. The summed E-state index contributed by atoms with van der Waals surface area (Å²) in [5.41, 5.74) is 5.40. The molecule has 43 heavy (non-hydrogen) atoms. The maximum Gasteiger partial charge on any atom is 0.300 e. The molecule has 7 heteroatoms. The number of carbonyl (C=O) groups is 2. The predicted molar refractivity (Wildman–Crippen MR) is 182 cm³/mol. The molecule has 2 heterocycles. The molecule has 1 amide bonds. The number of rotatable bonds is 13. The molecular formula is C36H57N3O4. The van der Waals surface area contributed by atoms with Gasteiger partial charge in [0.1, 0.15) is 5.75 Å². The highest BCUT2D eigenvalue weighted by atomic mass is 16.5. The van der Waals surface area contributed by atoms with Gasteiger partial charge in [0.2, 0.25) is 6.41 Å². The van der Waals surface area contributed by atoms with Crippen LogP contribution in [0.25, 0.3) is 0 Å². The second-order valence-electron chi connectivity index (χ2n) is 10.3. The Morgan fingerprint density at radius 2 is 1.98 bits per heavy atom. The van der Waals surface area contributed by atoms with Crippen LogP contribution in [0.4, 0.5) is 0 Å². The van der Waals surface area contributed by atoms with E-state index in [0.717, 1.165) is 77.4 Å². The Morgan fingerprint density at radius 1 is 1.26 bits per heavy atom. The van der Waals surface area contributed by atoms with Crippen LogP contribution < -0.4 is 10.1 Å². The van der Waals surface area contributed by atoms with Crippen molar-refractivity contribution < 1.29 is 19.4 Å². The van der Waals surface area contributed by atoms with E-state index < -0.39 is 5.97 Å². The van der Waals surface area contributed by atoms with Crippen LogP contribution in [0, 0.1) is 0 Å². The summed E-state index contributed by atoms with van der Waals surface area (Å²) in [6.45, 7) is 21.0. The molecule has 2 N–H and O–H groups in total. The molecule has 0 bridgehead atoms.